The number of anilines is 3. The maximum absolute atomic E-state index is 6.14. The van der Waals surface area contributed by atoms with Crippen LogP contribution < -0.4 is 16.0 Å². The molecule has 0 aliphatic carbocycles. The number of nitrogens with two attached hydrogens (primary N) is 1. The van der Waals surface area contributed by atoms with Crippen LogP contribution in [0.15, 0.2) is 12.1 Å². The largest absolute Gasteiger partial charge is 0.397 e. The fraction of sp³-hybridized carbons (Fsp3) is 0.600. The summed E-state index contributed by atoms with van der Waals surface area (Å²) in [5, 5.41) is 3.53. The van der Waals surface area contributed by atoms with Gasteiger partial charge in [-0.25, -0.2) is 0 Å². The zero-order valence-electron chi connectivity index (χ0n) is 11.6. The number of nitrogen functional groups attached to an aromatic ring is 1. The zero-order valence-corrected chi connectivity index (χ0v) is 11.6. The van der Waals surface area contributed by atoms with E-state index >= 15 is 0 Å². The van der Waals surface area contributed by atoms with Crippen molar-refractivity contribution in [2.45, 2.75) is 39.5 Å². The highest BCUT2D eigenvalue weighted by molar-refractivity contribution is 5.85. The molecule has 2 heterocycles. The number of hydrogen-bond donors (Lipinski definition) is 2. The predicted molar refractivity (Wildman–Crippen MR) is 80.5 cm³/mol. The van der Waals surface area contributed by atoms with Crippen molar-refractivity contribution in [2.75, 3.05) is 35.6 Å². The number of rotatable bonds is 1. The topological polar surface area (TPSA) is 41.3 Å². The second kappa shape index (κ2) is 5.98. The number of fused-ring (bicyclic) bond motifs is 1. The van der Waals surface area contributed by atoms with Gasteiger partial charge in [-0.3, -0.25) is 0 Å². The van der Waals surface area contributed by atoms with Crippen LogP contribution in [0.4, 0.5) is 17.1 Å². The van der Waals surface area contributed by atoms with Crippen molar-refractivity contribution in [3.8, 4) is 0 Å². The Morgan fingerprint density at radius 2 is 1.83 bits per heavy atom. The van der Waals surface area contributed by atoms with Crippen LogP contribution in [0.3, 0.4) is 0 Å². The van der Waals surface area contributed by atoms with Gasteiger partial charge in [0.1, 0.15) is 0 Å². The molecule has 1 aromatic rings. The minimum Gasteiger partial charge on any atom is -0.397 e. The summed E-state index contributed by atoms with van der Waals surface area (Å²) >= 11 is 0. The molecule has 2 aliphatic heterocycles. The number of nitrogens with zero attached hydrogens (tertiary/aromatic N) is 1. The molecule has 0 saturated carbocycles. The van der Waals surface area contributed by atoms with E-state index in [1.165, 1.54) is 42.6 Å². The highest BCUT2D eigenvalue weighted by Gasteiger charge is 2.21. The fourth-order valence-corrected chi connectivity index (χ4v) is 2.83. The standard InChI is InChI=1S/C13H19N3.C2H6/c14-11-6-5-10-4-3-7-15-12(10)13(11)16-8-1-2-9-16;1-2/h5-6,15H,1-4,7-9,14H2;1-2H3. The number of aryl methyl sites for hydroxylation is 1. The van der Waals surface area contributed by atoms with Crippen LogP contribution in [-0.4, -0.2) is 19.6 Å². The van der Waals surface area contributed by atoms with Crippen LogP contribution in [-0.2, 0) is 6.42 Å². The summed E-state index contributed by atoms with van der Waals surface area (Å²) in [6, 6.07) is 4.25. The van der Waals surface area contributed by atoms with Gasteiger partial charge in [0.25, 0.3) is 0 Å². The first-order chi connectivity index (χ1) is 8.86. The van der Waals surface area contributed by atoms with Gasteiger partial charge in [0.05, 0.1) is 17.1 Å². The minimum atomic E-state index is 0.926. The highest BCUT2D eigenvalue weighted by atomic mass is 15.2. The van der Waals surface area contributed by atoms with Crippen LogP contribution in [0.1, 0.15) is 38.7 Å². The molecule has 0 aromatic heterocycles. The Balaban J connectivity index is 0.000000574. The van der Waals surface area contributed by atoms with Crippen LogP contribution >= 0.6 is 0 Å². The molecule has 18 heavy (non-hydrogen) atoms. The third-order valence-corrected chi connectivity index (χ3v) is 3.64. The molecule has 0 unspecified atom stereocenters. The Morgan fingerprint density at radius 3 is 2.56 bits per heavy atom. The molecular weight excluding hydrogens is 222 g/mol. The first-order valence-electron chi connectivity index (χ1n) is 7.26. The summed E-state index contributed by atoms with van der Waals surface area (Å²) < 4.78 is 0. The van der Waals surface area contributed by atoms with Gasteiger partial charge in [-0.1, -0.05) is 19.9 Å². The summed E-state index contributed by atoms with van der Waals surface area (Å²) in [6.07, 6.45) is 5.01. The van der Waals surface area contributed by atoms with E-state index in [0.29, 0.717) is 0 Å². The van der Waals surface area contributed by atoms with E-state index in [0.717, 1.165) is 25.3 Å². The molecule has 0 amide bonds. The summed E-state index contributed by atoms with van der Waals surface area (Å²) in [4.78, 5) is 2.44. The van der Waals surface area contributed by atoms with Crippen molar-refractivity contribution in [3.63, 3.8) is 0 Å². The summed E-state index contributed by atoms with van der Waals surface area (Å²) in [6.45, 7) is 7.39. The molecule has 1 saturated heterocycles. The molecule has 100 valence electrons. The Labute approximate surface area is 110 Å². The maximum atomic E-state index is 6.14. The van der Waals surface area contributed by atoms with Crippen LogP contribution in [0, 0.1) is 0 Å². The second-order valence-electron chi connectivity index (χ2n) is 4.76. The molecule has 1 aromatic carbocycles. The van der Waals surface area contributed by atoms with Gasteiger partial charge in [0.2, 0.25) is 0 Å². The molecule has 0 atom stereocenters. The third kappa shape index (κ3) is 2.40. The van der Waals surface area contributed by atoms with E-state index in [1.807, 2.05) is 13.8 Å². The normalized spacial score (nSPS) is 17.6. The molecule has 3 heteroatoms. The van der Waals surface area contributed by atoms with Gasteiger partial charge < -0.3 is 16.0 Å². The fourth-order valence-electron chi connectivity index (χ4n) is 2.83. The summed E-state index contributed by atoms with van der Waals surface area (Å²) in [7, 11) is 0. The quantitative estimate of drug-likeness (QED) is 0.748. The average Bonchev–Trinajstić information content (AvgIpc) is 2.94. The highest BCUT2D eigenvalue weighted by Crippen LogP contribution is 2.39. The lowest BCUT2D eigenvalue weighted by Gasteiger charge is -2.28. The summed E-state index contributed by atoms with van der Waals surface area (Å²) in [5.41, 5.74) is 11.1. The Bertz CT molecular complexity index is 395. The second-order valence-corrected chi connectivity index (χ2v) is 4.76. The molecule has 1 fully saturated rings. The van der Waals surface area contributed by atoms with E-state index in [1.54, 1.807) is 0 Å². The molecule has 3 N–H and O–H groups in total. The SMILES string of the molecule is CC.Nc1ccc2c(c1N1CCCC1)NCCC2. The van der Waals surface area contributed by atoms with E-state index < -0.39 is 0 Å². The maximum Gasteiger partial charge on any atom is 0.0838 e. The molecule has 0 spiro atoms. The van der Waals surface area contributed by atoms with Gasteiger partial charge in [0, 0.05) is 19.6 Å². The lowest BCUT2D eigenvalue weighted by molar-refractivity contribution is 0.826. The molecule has 2 aliphatic rings. The van der Waals surface area contributed by atoms with Crippen molar-refractivity contribution < 1.29 is 0 Å². The van der Waals surface area contributed by atoms with Gasteiger partial charge in [-0.05, 0) is 37.3 Å². The zero-order chi connectivity index (χ0) is 13.0. The van der Waals surface area contributed by atoms with E-state index in [2.05, 4.69) is 22.3 Å². The first kappa shape index (κ1) is 13.1. The molecule has 0 bridgehead atoms. The van der Waals surface area contributed by atoms with Crippen molar-refractivity contribution in [3.05, 3.63) is 17.7 Å². The van der Waals surface area contributed by atoms with Gasteiger partial charge in [-0.2, -0.15) is 0 Å². The molecule has 3 rings (SSSR count). The summed E-state index contributed by atoms with van der Waals surface area (Å²) in [5.74, 6) is 0. The lowest BCUT2D eigenvalue weighted by Crippen LogP contribution is -2.23. The number of benzene rings is 1. The van der Waals surface area contributed by atoms with Crippen molar-refractivity contribution in [1.29, 1.82) is 0 Å². The average molecular weight is 247 g/mol. The van der Waals surface area contributed by atoms with Crippen molar-refractivity contribution in [1.82, 2.24) is 0 Å². The van der Waals surface area contributed by atoms with Gasteiger partial charge >= 0.3 is 0 Å². The minimum absolute atomic E-state index is 0.926. The van der Waals surface area contributed by atoms with E-state index in [9.17, 15) is 0 Å². The molecular formula is C15H25N3. The van der Waals surface area contributed by atoms with Crippen molar-refractivity contribution >= 4 is 17.1 Å². The Morgan fingerprint density at radius 1 is 1.11 bits per heavy atom. The lowest BCUT2D eigenvalue weighted by atomic mass is 10.0. The smallest absolute Gasteiger partial charge is 0.0838 e. The third-order valence-electron chi connectivity index (χ3n) is 3.64. The van der Waals surface area contributed by atoms with Crippen LogP contribution in [0.2, 0.25) is 0 Å². The van der Waals surface area contributed by atoms with Crippen LogP contribution in [0.25, 0.3) is 0 Å². The van der Waals surface area contributed by atoms with Gasteiger partial charge in [0.15, 0.2) is 0 Å². The number of hydrogen-bond acceptors (Lipinski definition) is 3. The predicted octanol–water partition coefficient (Wildman–Crippen LogP) is 3.25. The Kier molecular flexibility index (Phi) is 4.34. The van der Waals surface area contributed by atoms with Crippen molar-refractivity contribution in [2.24, 2.45) is 0 Å². The first-order valence-corrected chi connectivity index (χ1v) is 7.26. The van der Waals surface area contributed by atoms with E-state index in [4.69, 9.17) is 5.73 Å². The van der Waals surface area contributed by atoms with Gasteiger partial charge in [-0.15, -0.1) is 0 Å². The monoisotopic (exact) mass is 247 g/mol. The molecule has 3 nitrogen and oxygen atoms in total. The Hall–Kier alpha value is -1.38. The van der Waals surface area contributed by atoms with E-state index in [-0.39, 0.29) is 0 Å². The van der Waals surface area contributed by atoms with Crippen LogP contribution in [0.5, 0.6) is 0 Å². The number of nitrogens with one attached hydrogen (secondary N) is 1. The molecule has 0 radical (unpaired) electrons.